The lowest BCUT2D eigenvalue weighted by atomic mass is 10.0. The second kappa shape index (κ2) is 7.78. The van der Waals surface area contributed by atoms with Crippen LogP contribution >= 0.6 is 0 Å². The lowest BCUT2D eigenvalue weighted by Gasteiger charge is -2.16. The fraction of sp³-hybridized carbons (Fsp3) is 0.190. The van der Waals surface area contributed by atoms with E-state index in [2.05, 4.69) is 10.2 Å². The highest BCUT2D eigenvalue weighted by molar-refractivity contribution is 5.97. The molecule has 0 aliphatic rings. The maximum absolute atomic E-state index is 12.3. The van der Waals surface area contributed by atoms with Gasteiger partial charge in [-0.3, -0.25) is 14.7 Å². The van der Waals surface area contributed by atoms with E-state index in [4.69, 9.17) is 0 Å². The minimum absolute atomic E-state index is 0.0517. The topological polar surface area (TPSA) is 66.1 Å². The Balaban J connectivity index is 1.72. The summed E-state index contributed by atoms with van der Waals surface area (Å²) in [7, 11) is 1.78. The van der Waals surface area contributed by atoms with E-state index in [9.17, 15) is 9.59 Å². The first-order valence-corrected chi connectivity index (χ1v) is 8.57. The molecular weight excluding hydrogens is 326 g/mol. The number of aromatic amines is 1. The van der Waals surface area contributed by atoms with Crippen molar-refractivity contribution in [2.24, 2.45) is 0 Å². The first-order chi connectivity index (χ1) is 12.6. The van der Waals surface area contributed by atoms with Crippen LogP contribution in [0.3, 0.4) is 0 Å². The zero-order chi connectivity index (χ0) is 18.5. The minimum atomic E-state index is 0.0517. The number of carbonyl (C=O) groups is 2. The van der Waals surface area contributed by atoms with E-state index in [-0.39, 0.29) is 11.7 Å². The van der Waals surface area contributed by atoms with Gasteiger partial charge in [-0.05, 0) is 29.3 Å². The summed E-state index contributed by atoms with van der Waals surface area (Å²) in [5.74, 6) is 0.133. The fourth-order valence-electron chi connectivity index (χ4n) is 2.77. The second-order valence-corrected chi connectivity index (χ2v) is 6.11. The first kappa shape index (κ1) is 17.6. The first-order valence-electron chi connectivity index (χ1n) is 8.57. The summed E-state index contributed by atoms with van der Waals surface area (Å²) >= 11 is 0. The molecule has 0 radical (unpaired) electrons. The minimum Gasteiger partial charge on any atom is -0.316 e. The van der Waals surface area contributed by atoms with Crippen LogP contribution in [0.25, 0.3) is 11.1 Å². The van der Waals surface area contributed by atoms with Crippen LogP contribution in [0.1, 0.15) is 29.4 Å². The number of aromatic nitrogens is 2. The number of rotatable bonds is 6. The van der Waals surface area contributed by atoms with Gasteiger partial charge in [-0.1, -0.05) is 43.3 Å². The van der Waals surface area contributed by atoms with Gasteiger partial charge in [-0.2, -0.15) is 5.10 Å². The number of ketones is 1. The van der Waals surface area contributed by atoms with Crippen molar-refractivity contribution in [3.63, 3.8) is 0 Å². The van der Waals surface area contributed by atoms with Gasteiger partial charge in [0, 0.05) is 36.6 Å². The molecule has 2 aromatic carbocycles. The number of Topliss-reactive ketones (excluding diaryl/α,β-unsaturated/α-hetero) is 1. The Kier molecular flexibility index (Phi) is 5.27. The molecule has 3 rings (SSSR count). The van der Waals surface area contributed by atoms with Gasteiger partial charge in [0.15, 0.2) is 5.78 Å². The lowest BCUT2D eigenvalue weighted by molar-refractivity contribution is -0.118. The zero-order valence-corrected chi connectivity index (χ0v) is 14.9. The number of hydrogen-bond acceptors (Lipinski definition) is 3. The van der Waals surface area contributed by atoms with Crippen LogP contribution in [-0.2, 0) is 11.2 Å². The fourth-order valence-corrected chi connectivity index (χ4v) is 2.77. The SMILES string of the molecule is CCC(=O)N(C)c1ccc(-c2ccc(C(=O)Cc3ccn[nH]3)cc2)cc1. The molecule has 5 heteroatoms. The molecule has 0 saturated heterocycles. The maximum Gasteiger partial charge on any atom is 0.226 e. The third-order valence-electron chi connectivity index (χ3n) is 4.38. The number of H-pyrrole nitrogens is 1. The third kappa shape index (κ3) is 3.88. The molecule has 26 heavy (non-hydrogen) atoms. The van der Waals surface area contributed by atoms with E-state index in [0.29, 0.717) is 18.4 Å². The van der Waals surface area contributed by atoms with Crippen LogP contribution in [0, 0.1) is 0 Å². The maximum atomic E-state index is 12.3. The van der Waals surface area contributed by atoms with Crippen molar-refractivity contribution in [1.82, 2.24) is 10.2 Å². The molecule has 0 saturated carbocycles. The van der Waals surface area contributed by atoms with Crippen molar-refractivity contribution in [2.75, 3.05) is 11.9 Å². The highest BCUT2D eigenvalue weighted by Crippen LogP contribution is 2.24. The predicted molar refractivity (Wildman–Crippen MR) is 102 cm³/mol. The van der Waals surface area contributed by atoms with Gasteiger partial charge < -0.3 is 4.90 Å². The van der Waals surface area contributed by atoms with Gasteiger partial charge in [0.25, 0.3) is 0 Å². The van der Waals surface area contributed by atoms with E-state index >= 15 is 0 Å². The smallest absolute Gasteiger partial charge is 0.226 e. The van der Waals surface area contributed by atoms with E-state index < -0.39 is 0 Å². The number of nitrogens with zero attached hydrogens (tertiary/aromatic N) is 2. The molecule has 0 aliphatic carbocycles. The Morgan fingerprint density at radius 2 is 1.58 bits per heavy atom. The number of anilines is 1. The summed E-state index contributed by atoms with van der Waals surface area (Å²) in [6, 6.07) is 17.2. The average molecular weight is 347 g/mol. The van der Waals surface area contributed by atoms with E-state index in [0.717, 1.165) is 22.5 Å². The summed E-state index contributed by atoms with van der Waals surface area (Å²) in [6.07, 6.45) is 2.43. The van der Waals surface area contributed by atoms with Crippen molar-refractivity contribution < 1.29 is 9.59 Å². The van der Waals surface area contributed by atoms with Gasteiger partial charge in [0.1, 0.15) is 0 Å². The molecule has 3 aromatic rings. The standard InChI is InChI=1S/C21H21N3O2/c1-3-21(26)24(2)19-10-8-16(9-11-19)15-4-6-17(7-5-15)20(25)14-18-12-13-22-23-18/h4-13H,3,14H2,1-2H3,(H,22,23). The summed E-state index contributed by atoms with van der Waals surface area (Å²) < 4.78 is 0. The Morgan fingerprint density at radius 3 is 2.12 bits per heavy atom. The van der Waals surface area contributed by atoms with Crippen LogP contribution in [0.2, 0.25) is 0 Å². The lowest BCUT2D eigenvalue weighted by Crippen LogP contribution is -2.24. The molecule has 5 nitrogen and oxygen atoms in total. The Morgan fingerprint density at radius 1 is 0.962 bits per heavy atom. The molecule has 0 unspecified atom stereocenters. The van der Waals surface area contributed by atoms with Gasteiger partial charge in [0.2, 0.25) is 5.91 Å². The van der Waals surface area contributed by atoms with Crippen LogP contribution in [0.5, 0.6) is 0 Å². The summed E-state index contributed by atoms with van der Waals surface area (Å²) in [6.45, 7) is 1.85. The molecule has 0 bridgehead atoms. The molecular formula is C21H21N3O2. The van der Waals surface area contributed by atoms with Gasteiger partial charge in [-0.15, -0.1) is 0 Å². The number of benzene rings is 2. The number of carbonyl (C=O) groups excluding carboxylic acids is 2. The third-order valence-corrected chi connectivity index (χ3v) is 4.38. The average Bonchev–Trinajstić information content (AvgIpc) is 3.20. The summed E-state index contributed by atoms with van der Waals surface area (Å²) in [4.78, 5) is 25.7. The predicted octanol–water partition coefficient (Wildman–Crippen LogP) is 3.87. The van der Waals surface area contributed by atoms with E-state index in [1.165, 1.54) is 0 Å². The van der Waals surface area contributed by atoms with Gasteiger partial charge >= 0.3 is 0 Å². The van der Waals surface area contributed by atoms with Crippen LogP contribution < -0.4 is 4.90 Å². The van der Waals surface area contributed by atoms with Crippen molar-refractivity contribution >= 4 is 17.4 Å². The normalized spacial score (nSPS) is 10.5. The molecule has 0 spiro atoms. The molecule has 1 amide bonds. The second-order valence-electron chi connectivity index (χ2n) is 6.11. The van der Waals surface area contributed by atoms with Gasteiger partial charge in [0.05, 0.1) is 6.42 Å². The summed E-state index contributed by atoms with van der Waals surface area (Å²) in [5.41, 5.74) is 4.42. The van der Waals surface area contributed by atoms with Gasteiger partial charge in [-0.25, -0.2) is 0 Å². The highest BCUT2D eigenvalue weighted by Gasteiger charge is 2.10. The van der Waals surface area contributed by atoms with Crippen molar-refractivity contribution in [3.8, 4) is 11.1 Å². The van der Waals surface area contributed by atoms with Crippen molar-refractivity contribution in [2.45, 2.75) is 19.8 Å². The quantitative estimate of drug-likeness (QED) is 0.688. The van der Waals surface area contributed by atoms with Crippen molar-refractivity contribution in [3.05, 3.63) is 72.1 Å². The zero-order valence-electron chi connectivity index (χ0n) is 14.9. The van der Waals surface area contributed by atoms with E-state index in [1.807, 2.05) is 55.5 Å². The Labute approximate surface area is 152 Å². The van der Waals surface area contributed by atoms with Crippen LogP contribution in [-0.4, -0.2) is 28.9 Å². The van der Waals surface area contributed by atoms with Crippen LogP contribution in [0.15, 0.2) is 60.8 Å². The summed E-state index contributed by atoms with van der Waals surface area (Å²) in [5, 5.41) is 6.66. The largest absolute Gasteiger partial charge is 0.316 e. The molecule has 1 N–H and O–H groups in total. The monoisotopic (exact) mass is 347 g/mol. The molecule has 0 fully saturated rings. The molecule has 1 heterocycles. The molecule has 0 atom stereocenters. The Bertz CT molecular complexity index is 882. The van der Waals surface area contributed by atoms with Crippen molar-refractivity contribution in [1.29, 1.82) is 0 Å². The molecule has 132 valence electrons. The number of nitrogens with one attached hydrogen (secondary N) is 1. The van der Waals surface area contributed by atoms with Crippen LogP contribution in [0.4, 0.5) is 5.69 Å². The number of amides is 1. The number of hydrogen-bond donors (Lipinski definition) is 1. The molecule has 1 aromatic heterocycles. The Hall–Kier alpha value is -3.21. The highest BCUT2D eigenvalue weighted by atomic mass is 16.2. The molecule has 0 aliphatic heterocycles. The van der Waals surface area contributed by atoms with E-state index in [1.54, 1.807) is 24.2 Å².